The van der Waals surface area contributed by atoms with Crippen LogP contribution < -0.4 is 16.4 Å². The number of nitrogens with one attached hydrogen (secondary N) is 2. The Bertz CT molecular complexity index is 1160. The highest BCUT2D eigenvalue weighted by molar-refractivity contribution is 7.10. The number of hydrogen-bond acceptors (Lipinski definition) is 5. The largest absolute Gasteiger partial charge is 0.290 e. The topological polar surface area (TPSA) is 93.1 Å². The van der Waals surface area contributed by atoms with E-state index in [1.165, 1.54) is 9.56 Å². The first-order valence-corrected chi connectivity index (χ1v) is 10.6. The Balaban J connectivity index is 1.56. The van der Waals surface area contributed by atoms with Crippen LogP contribution in [0, 0.1) is 5.92 Å². The van der Waals surface area contributed by atoms with E-state index in [1.54, 1.807) is 42.5 Å². The molecule has 0 saturated carbocycles. The monoisotopic (exact) mass is 410 g/mol. The first-order valence-electron chi connectivity index (χ1n) is 9.69. The Hall–Kier alpha value is -3.00. The summed E-state index contributed by atoms with van der Waals surface area (Å²) in [5, 5.41) is 6.91. The summed E-state index contributed by atoms with van der Waals surface area (Å²) >= 11 is 1.60. The van der Waals surface area contributed by atoms with Crippen LogP contribution in [-0.4, -0.2) is 21.6 Å². The minimum atomic E-state index is -0.561. The second-order valence-electron chi connectivity index (χ2n) is 7.32. The molecule has 2 aromatic heterocycles. The van der Waals surface area contributed by atoms with E-state index in [4.69, 9.17) is 0 Å². The molecule has 1 unspecified atom stereocenters. The van der Waals surface area contributed by atoms with Crippen LogP contribution in [0.1, 0.15) is 51.6 Å². The van der Waals surface area contributed by atoms with Gasteiger partial charge in [0.25, 0.3) is 17.4 Å². The smallest absolute Gasteiger partial charge is 0.267 e. The Kier molecular flexibility index (Phi) is 5.19. The van der Waals surface area contributed by atoms with Gasteiger partial charge < -0.3 is 0 Å². The third-order valence-corrected chi connectivity index (χ3v) is 6.37. The van der Waals surface area contributed by atoms with Gasteiger partial charge in [0, 0.05) is 22.2 Å². The number of aromatic nitrogens is 2. The summed E-state index contributed by atoms with van der Waals surface area (Å²) in [7, 11) is 0. The van der Waals surface area contributed by atoms with E-state index in [0.29, 0.717) is 28.8 Å². The lowest BCUT2D eigenvalue weighted by Crippen LogP contribution is -2.43. The molecule has 0 saturated heterocycles. The first kappa shape index (κ1) is 19.3. The molecule has 8 heteroatoms. The molecule has 0 bridgehead atoms. The second kappa shape index (κ2) is 7.79. The van der Waals surface area contributed by atoms with Crippen LogP contribution in [0.5, 0.6) is 0 Å². The molecule has 0 spiro atoms. The number of nitrogens with zero attached hydrogens (tertiary/aromatic N) is 2. The highest BCUT2D eigenvalue weighted by atomic mass is 32.1. The van der Waals surface area contributed by atoms with E-state index in [2.05, 4.69) is 22.9 Å². The third kappa shape index (κ3) is 3.55. The van der Waals surface area contributed by atoms with Gasteiger partial charge in [-0.3, -0.25) is 25.2 Å². The molecular weight excluding hydrogens is 388 g/mol. The maximum Gasteiger partial charge on any atom is 0.290 e. The van der Waals surface area contributed by atoms with Gasteiger partial charge in [-0.25, -0.2) is 4.68 Å². The van der Waals surface area contributed by atoms with Crippen LogP contribution in [0.4, 0.5) is 0 Å². The molecule has 0 radical (unpaired) electrons. The summed E-state index contributed by atoms with van der Waals surface area (Å²) in [6.45, 7) is 4.35. The number of thiophene rings is 1. The minimum Gasteiger partial charge on any atom is -0.267 e. The maximum atomic E-state index is 12.7. The molecule has 2 amide bonds. The first-order chi connectivity index (χ1) is 14.0. The van der Waals surface area contributed by atoms with Crippen molar-refractivity contribution in [2.24, 2.45) is 5.92 Å². The fourth-order valence-electron chi connectivity index (χ4n) is 3.73. The lowest BCUT2D eigenvalue weighted by Gasteiger charge is -2.18. The van der Waals surface area contributed by atoms with E-state index in [1.807, 2.05) is 5.38 Å². The molecule has 4 rings (SSSR count). The second-order valence-corrected chi connectivity index (χ2v) is 8.29. The fourth-order valence-corrected chi connectivity index (χ4v) is 4.97. The van der Waals surface area contributed by atoms with Crippen molar-refractivity contribution in [3.63, 3.8) is 0 Å². The SMILES string of the molecule is CCn1nc(C(=O)NNC(=O)c2csc3c2CCC(C)C3)c2ccccc2c1=O. The van der Waals surface area contributed by atoms with E-state index in [0.717, 1.165) is 24.8 Å². The molecule has 2 heterocycles. The summed E-state index contributed by atoms with van der Waals surface area (Å²) in [5.41, 5.74) is 6.51. The van der Waals surface area contributed by atoms with Gasteiger partial charge in [-0.2, -0.15) is 5.10 Å². The minimum absolute atomic E-state index is 0.100. The van der Waals surface area contributed by atoms with Gasteiger partial charge in [0.1, 0.15) is 0 Å². The van der Waals surface area contributed by atoms with Gasteiger partial charge in [-0.1, -0.05) is 25.1 Å². The molecule has 1 aliphatic carbocycles. The van der Waals surface area contributed by atoms with Crippen LogP contribution in [0.25, 0.3) is 10.8 Å². The number of carbonyl (C=O) groups is 2. The molecule has 150 valence electrons. The number of amides is 2. The fraction of sp³-hybridized carbons (Fsp3) is 0.333. The zero-order chi connectivity index (χ0) is 20.5. The number of aryl methyl sites for hydroxylation is 1. The highest BCUT2D eigenvalue weighted by Crippen LogP contribution is 2.32. The summed E-state index contributed by atoms with van der Waals surface area (Å²) in [5.74, 6) is -0.265. The molecule has 7 nitrogen and oxygen atoms in total. The van der Waals surface area contributed by atoms with Crippen molar-refractivity contribution in [1.82, 2.24) is 20.6 Å². The normalized spacial score (nSPS) is 15.7. The van der Waals surface area contributed by atoms with Crippen LogP contribution in [-0.2, 0) is 19.4 Å². The van der Waals surface area contributed by atoms with Crippen molar-refractivity contribution >= 4 is 33.9 Å². The highest BCUT2D eigenvalue weighted by Gasteiger charge is 2.24. The number of fused-ring (bicyclic) bond motifs is 2. The molecule has 3 aromatic rings. The predicted molar refractivity (Wildman–Crippen MR) is 112 cm³/mol. The summed E-state index contributed by atoms with van der Waals surface area (Å²) in [6, 6.07) is 6.83. The van der Waals surface area contributed by atoms with Crippen LogP contribution in [0.3, 0.4) is 0 Å². The Morgan fingerprint density at radius 1 is 1.21 bits per heavy atom. The molecule has 1 atom stereocenters. The lowest BCUT2D eigenvalue weighted by atomic mass is 9.88. The van der Waals surface area contributed by atoms with Crippen LogP contribution in [0.2, 0.25) is 0 Å². The number of hydrogen-bond donors (Lipinski definition) is 2. The van der Waals surface area contributed by atoms with Gasteiger partial charge >= 0.3 is 0 Å². The maximum absolute atomic E-state index is 12.7. The molecule has 1 aromatic carbocycles. The third-order valence-electron chi connectivity index (χ3n) is 5.32. The zero-order valence-corrected chi connectivity index (χ0v) is 17.1. The van der Waals surface area contributed by atoms with E-state index >= 15 is 0 Å². The molecule has 2 N–H and O–H groups in total. The molecular formula is C21H22N4O3S. The number of benzene rings is 1. The standard InChI is InChI=1S/C21H22N4O3S/c1-3-25-21(28)15-7-5-4-6-14(15)18(24-25)20(27)23-22-19(26)16-11-29-17-10-12(2)8-9-13(16)17/h4-7,11-12H,3,8-10H2,1-2H3,(H,22,26)(H,23,27). The average Bonchev–Trinajstić information content (AvgIpc) is 3.15. The number of carbonyl (C=O) groups excluding carboxylic acids is 2. The number of rotatable bonds is 3. The lowest BCUT2D eigenvalue weighted by molar-refractivity contribution is 0.0843. The van der Waals surface area contributed by atoms with Crippen LogP contribution in [0.15, 0.2) is 34.4 Å². The Labute approximate surface area is 171 Å². The Morgan fingerprint density at radius 3 is 2.69 bits per heavy atom. The van der Waals surface area contributed by atoms with Gasteiger partial charge in [0.15, 0.2) is 5.69 Å². The zero-order valence-electron chi connectivity index (χ0n) is 16.3. The van der Waals surface area contributed by atoms with Crippen molar-refractivity contribution < 1.29 is 9.59 Å². The molecule has 1 aliphatic rings. The predicted octanol–water partition coefficient (Wildman–Crippen LogP) is 2.68. The van der Waals surface area contributed by atoms with E-state index in [9.17, 15) is 14.4 Å². The van der Waals surface area contributed by atoms with Gasteiger partial charge in [-0.15, -0.1) is 11.3 Å². The van der Waals surface area contributed by atoms with E-state index in [-0.39, 0.29) is 17.2 Å². The van der Waals surface area contributed by atoms with Gasteiger partial charge in [-0.05, 0) is 43.7 Å². The molecule has 29 heavy (non-hydrogen) atoms. The molecule has 0 aliphatic heterocycles. The Morgan fingerprint density at radius 2 is 1.93 bits per heavy atom. The summed E-state index contributed by atoms with van der Waals surface area (Å²) < 4.78 is 1.25. The van der Waals surface area contributed by atoms with Crippen molar-refractivity contribution in [3.05, 3.63) is 61.7 Å². The quantitative estimate of drug-likeness (QED) is 0.649. The summed E-state index contributed by atoms with van der Waals surface area (Å²) in [4.78, 5) is 39.1. The van der Waals surface area contributed by atoms with Gasteiger partial charge in [0.05, 0.1) is 10.9 Å². The van der Waals surface area contributed by atoms with Gasteiger partial charge in [0.2, 0.25) is 0 Å². The van der Waals surface area contributed by atoms with Crippen LogP contribution >= 0.6 is 11.3 Å². The van der Waals surface area contributed by atoms with E-state index < -0.39 is 5.91 Å². The number of hydrazine groups is 1. The van der Waals surface area contributed by atoms with Crippen molar-refractivity contribution in [2.75, 3.05) is 0 Å². The average molecular weight is 410 g/mol. The van der Waals surface area contributed by atoms with Crippen molar-refractivity contribution in [1.29, 1.82) is 0 Å². The van der Waals surface area contributed by atoms with Crippen molar-refractivity contribution in [3.8, 4) is 0 Å². The summed E-state index contributed by atoms with van der Waals surface area (Å²) in [6.07, 6.45) is 2.93. The molecule has 0 fully saturated rings. The van der Waals surface area contributed by atoms with Crippen molar-refractivity contribution in [2.45, 2.75) is 39.7 Å².